The van der Waals surface area contributed by atoms with Gasteiger partial charge in [0.2, 0.25) is 0 Å². The Balaban J connectivity index is 2.84. The van der Waals surface area contributed by atoms with Crippen molar-refractivity contribution in [2.24, 2.45) is 5.16 Å². The van der Waals surface area contributed by atoms with Gasteiger partial charge in [-0.05, 0) is 24.1 Å². The first kappa shape index (κ1) is 10.3. The maximum absolute atomic E-state index is 8.55. The van der Waals surface area contributed by atoms with Gasteiger partial charge in [0.25, 0.3) is 0 Å². The summed E-state index contributed by atoms with van der Waals surface area (Å²) < 4.78 is 4.80. The zero-order valence-corrected chi connectivity index (χ0v) is 8.27. The Morgan fingerprint density at radius 1 is 1.36 bits per heavy atom. The van der Waals surface area contributed by atoms with Crippen LogP contribution in [-0.2, 0) is 4.74 Å². The van der Waals surface area contributed by atoms with Gasteiger partial charge in [0, 0.05) is 0 Å². The summed E-state index contributed by atoms with van der Waals surface area (Å²) in [6.45, 7) is 1.75. The van der Waals surface area contributed by atoms with E-state index in [0.29, 0.717) is 5.71 Å². The van der Waals surface area contributed by atoms with Gasteiger partial charge in [-0.25, -0.2) is 0 Å². The maximum atomic E-state index is 8.55. The summed E-state index contributed by atoms with van der Waals surface area (Å²) in [5.41, 5.74) is 2.55. The molecule has 0 unspecified atom stereocenters. The SMILES string of the molecule is CO/C=C/c1ccc(/C(C)=N\O)cc1. The molecule has 1 aromatic rings. The Bertz CT molecular complexity index is 339. The number of rotatable bonds is 3. The van der Waals surface area contributed by atoms with Crippen LogP contribution in [0, 0.1) is 0 Å². The molecule has 0 radical (unpaired) electrons. The Morgan fingerprint density at radius 2 is 2.00 bits per heavy atom. The maximum Gasteiger partial charge on any atom is 0.0836 e. The van der Waals surface area contributed by atoms with Gasteiger partial charge in [-0.2, -0.15) is 0 Å². The highest BCUT2D eigenvalue weighted by molar-refractivity contribution is 5.98. The highest BCUT2D eigenvalue weighted by Crippen LogP contribution is 2.07. The van der Waals surface area contributed by atoms with E-state index in [1.54, 1.807) is 20.3 Å². The Hall–Kier alpha value is -1.77. The van der Waals surface area contributed by atoms with Crippen LogP contribution in [0.25, 0.3) is 6.08 Å². The first-order chi connectivity index (χ1) is 6.77. The third-order valence-electron chi connectivity index (χ3n) is 1.88. The number of ether oxygens (including phenoxy) is 1. The van der Waals surface area contributed by atoms with Gasteiger partial charge in [0.15, 0.2) is 0 Å². The lowest BCUT2D eigenvalue weighted by Gasteiger charge is -1.98. The minimum absolute atomic E-state index is 0.604. The minimum atomic E-state index is 0.604. The zero-order chi connectivity index (χ0) is 10.4. The topological polar surface area (TPSA) is 41.8 Å². The summed E-state index contributed by atoms with van der Waals surface area (Å²) in [5, 5.41) is 11.7. The average molecular weight is 191 g/mol. The molecule has 0 heterocycles. The summed E-state index contributed by atoms with van der Waals surface area (Å²) in [6.07, 6.45) is 3.47. The third kappa shape index (κ3) is 2.62. The lowest BCUT2D eigenvalue weighted by atomic mass is 10.1. The van der Waals surface area contributed by atoms with Crippen molar-refractivity contribution in [1.82, 2.24) is 0 Å². The number of methoxy groups -OCH3 is 1. The molecule has 0 aliphatic carbocycles. The molecule has 0 fully saturated rings. The van der Waals surface area contributed by atoms with E-state index in [2.05, 4.69) is 5.16 Å². The van der Waals surface area contributed by atoms with E-state index >= 15 is 0 Å². The molecule has 0 saturated carbocycles. The fraction of sp³-hybridized carbons (Fsp3) is 0.182. The molecule has 1 N–H and O–H groups in total. The molecule has 0 aromatic heterocycles. The molecule has 0 aliphatic rings. The highest BCUT2D eigenvalue weighted by Gasteiger charge is 1.96. The molecule has 14 heavy (non-hydrogen) atoms. The molecule has 0 aliphatic heterocycles. The van der Waals surface area contributed by atoms with Gasteiger partial charge in [0.1, 0.15) is 0 Å². The van der Waals surface area contributed by atoms with Crippen LogP contribution in [0.5, 0.6) is 0 Å². The van der Waals surface area contributed by atoms with Gasteiger partial charge in [0.05, 0.1) is 19.1 Å². The molecule has 0 spiro atoms. The second-order valence-electron chi connectivity index (χ2n) is 2.85. The van der Waals surface area contributed by atoms with Crippen molar-refractivity contribution in [3.05, 3.63) is 41.7 Å². The van der Waals surface area contributed by atoms with E-state index in [1.165, 1.54) is 0 Å². The number of oxime groups is 1. The summed E-state index contributed by atoms with van der Waals surface area (Å²) >= 11 is 0. The van der Waals surface area contributed by atoms with Crippen LogP contribution >= 0.6 is 0 Å². The number of hydrogen-bond donors (Lipinski definition) is 1. The quantitative estimate of drug-likeness (QED) is 0.345. The predicted octanol–water partition coefficient (Wildman–Crippen LogP) is 2.50. The minimum Gasteiger partial charge on any atom is -0.504 e. The second-order valence-corrected chi connectivity index (χ2v) is 2.85. The van der Waals surface area contributed by atoms with Crippen LogP contribution in [0.3, 0.4) is 0 Å². The van der Waals surface area contributed by atoms with Crippen LogP contribution in [0.4, 0.5) is 0 Å². The molecule has 3 heteroatoms. The van der Waals surface area contributed by atoms with E-state index in [4.69, 9.17) is 9.94 Å². The second kappa shape index (κ2) is 5.07. The molecule has 0 atom stereocenters. The van der Waals surface area contributed by atoms with Crippen LogP contribution in [-0.4, -0.2) is 18.0 Å². The Labute approximate surface area is 83.3 Å². The van der Waals surface area contributed by atoms with Gasteiger partial charge in [-0.3, -0.25) is 0 Å². The third-order valence-corrected chi connectivity index (χ3v) is 1.88. The van der Waals surface area contributed by atoms with E-state index in [9.17, 15) is 0 Å². The van der Waals surface area contributed by atoms with Crippen LogP contribution < -0.4 is 0 Å². The van der Waals surface area contributed by atoms with Crippen LogP contribution in [0.15, 0.2) is 35.7 Å². The fourth-order valence-electron chi connectivity index (χ4n) is 1.04. The summed E-state index contributed by atoms with van der Waals surface area (Å²) in [4.78, 5) is 0. The van der Waals surface area contributed by atoms with Crippen molar-refractivity contribution in [3.63, 3.8) is 0 Å². The van der Waals surface area contributed by atoms with Crippen molar-refractivity contribution in [3.8, 4) is 0 Å². The highest BCUT2D eigenvalue weighted by atomic mass is 16.5. The van der Waals surface area contributed by atoms with Crippen molar-refractivity contribution >= 4 is 11.8 Å². The van der Waals surface area contributed by atoms with Crippen molar-refractivity contribution in [2.75, 3.05) is 7.11 Å². The molecule has 0 bridgehead atoms. The molecule has 1 rings (SSSR count). The summed E-state index contributed by atoms with van der Waals surface area (Å²) in [5.74, 6) is 0. The standard InChI is InChI=1S/C11H13NO2/c1-9(12-13)11-5-3-10(4-6-11)7-8-14-2/h3-8,13H,1-2H3/b8-7+,12-9-. The first-order valence-corrected chi connectivity index (χ1v) is 4.26. The van der Waals surface area contributed by atoms with Crippen LogP contribution in [0.1, 0.15) is 18.1 Å². The summed E-state index contributed by atoms with van der Waals surface area (Å²) in [7, 11) is 1.60. The Morgan fingerprint density at radius 3 is 2.50 bits per heavy atom. The normalized spacial score (nSPS) is 12.0. The Kier molecular flexibility index (Phi) is 3.73. The molecule has 74 valence electrons. The fourth-order valence-corrected chi connectivity index (χ4v) is 1.04. The average Bonchev–Trinajstić information content (AvgIpc) is 2.26. The first-order valence-electron chi connectivity index (χ1n) is 4.26. The zero-order valence-electron chi connectivity index (χ0n) is 8.27. The molecular formula is C11H13NO2. The predicted molar refractivity (Wildman–Crippen MR) is 56.5 cm³/mol. The molecule has 3 nitrogen and oxygen atoms in total. The van der Waals surface area contributed by atoms with E-state index in [0.717, 1.165) is 11.1 Å². The van der Waals surface area contributed by atoms with Crippen molar-refractivity contribution in [1.29, 1.82) is 0 Å². The summed E-state index contributed by atoms with van der Waals surface area (Å²) in [6, 6.07) is 7.65. The van der Waals surface area contributed by atoms with E-state index in [-0.39, 0.29) is 0 Å². The smallest absolute Gasteiger partial charge is 0.0836 e. The lowest BCUT2D eigenvalue weighted by Crippen LogP contribution is -1.93. The van der Waals surface area contributed by atoms with Crippen LogP contribution in [0.2, 0.25) is 0 Å². The van der Waals surface area contributed by atoms with E-state index in [1.807, 2.05) is 30.3 Å². The van der Waals surface area contributed by atoms with Gasteiger partial charge >= 0.3 is 0 Å². The molecule has 0 saturated heterocycles. The molecule has 0 amide bonds. The monoisotopic (exact) mass is 191 g/mol. The lowest BCUT2D eigenvalue weighted by molar-refractivity contribution is 0.319. The number of benzene rings is 1. The van der Waals surface area contributed by atoms with Gasteiger partial charge < -0.3 is 9.94 Å². The number of hydrogen-bond acceptors (Lipinski definition) is 3. The molecule has 1 aromatic carbocycles. The van der Waals surface area contributed by atoms with Gasteiger partial charge in [-0.1, -0.05) is 29.4 Å². The van der Waals surface area contributed by atoms with Crippen molar-refractivity contribution in [2.45, 2.75) is 6.92 Å². The number of nitrogens with zero attached hydrogens (tertiary/aromatic N) is 1. The molecular weight excluding hydrogens is 178 g/mol. The van der Waals surface area contributed by atoms with Crippen molar-refractivity contribution < 1.29 is 9.94 Å². The van der Waals surface area contributed by atoms with E-state index < -0.39 is 0 Å². The van der Waals surface area contributed by atoms with Gasteiger partial charge in [-0.15, -0.1) is 0 Å². The largest absolute Gasteiger partial charge is 0.504 e.